The maximum Gasteiger partial charge on any atom is 0.433 e. The first-order valence-electron chi connectivity index (χ1n) is 10.8. The van der Waals surface area contributed by atoms with Crippen molar-refractivity contribution in [1.29, 1.82) is 0 Å². The summed E-state index contributed by atoms with van der Waals surface area (Å²) in [6, 6.07) is 11.9. The van der Waals surface area contributed by atoms with Gasteiger partial charge in [-0.2, -0.15) is 18.2 Å². The summed E-state index contributed by atoms with van der Waals surface area (Å²) in [5, 5.41) is 6.31. The van der Waals surface area contributed by atoms with E-state index in [0.29, 0.717) is 23.1 Å². The second-order valence-corrected chi connectivity index (χ2v) is 8.90. The van der Waals surface area contributed by atoms with Gasteiger partial charge in [0.15, 0.2) is 10.8 Å². The summed E-state index contributed by atoms with van der Waals surface area (Å²) < 4.78 is 46.2. The van der Waals surface area contributed by atoms with E-state index >= 15 is 0 Å². The van der Waals surface area contributed by atoms with E-state index in [-0.39, 0.29) is 29.5 Å². The predicted molar refractivity (Wildman–Crippen MR) is 130 cm³/mol. The van der Waals surface area contributed by atoms with Crippen LogP contribution in [-0.2, 0) is 12.7 Å². The molecule has 1 unspecified atom stereocenters. The fourth-order valence-electron chi connectivity index (χ4n) is 3.78. The fourth-order valence-corrected chi connectivity index (χ4v) is 4.07. The molecule has 6 nitrogen and oxygen atoms in total. The van der Waals surface area contributed by atoms with Crippen LogP contribution in [0.4, 0.5) is 24.9 Å². The highest BCUT2D eigenvalue weighted by atomic mass is 35.5. The third-order valence-electron chi connectivity index (χ3n) is 5.54. The third kappa shape index (κ3) is 5.98. The second-order valence-electron chi connectivity index (χ2n) is 8.05. The molecule has 2 N–H and O–H groups in total. The van der Waals surface area contributed by atoms with Gasteiger partial charge in [0.1, 0.15) is 17.3 Å². The first-order valence-corrected chi connectivity index (χ1v) is 11.6. The SMILES string of the molecule is CC1CCCCN1c1cc(C(F)(F)F)nc(NC(=S)NCc2ccc(-c3ccc(Cl)cc3)o2)n1. The maximum atomic E-state index is 13.5. The number of anilines is 2. The van der Waals surface area contributed by atoms with Crippen LogP contribution in [0.15, 0.2) is 46.9 Å². The fraction of sp³-hybridized carbons (Fsp3) is 0.348. The predicted octanol–water partition coefficient (Wildman–Crippen LogP) is 6.27. The second kappa shape index (κ2) is 10.2. The van der Waals surface area contributed by atoms with Crippen molar-refractivity contribution in [1.82, 2.24) is 15.3 Å². The van der Waals surface area contributed by atoms with E-state index in [1.807, 2.05) is 30.0 Å². The average molecular weight is 510 g/mol. The Kier molecular flexibility index (Phi) is 7.27. The molecule has 1 aromatic carbocycles. The molecule has 1 aliphatic heterocycles. The smallest absolute Gasteiger partial charge is 0.433 e. The number of alkyl halides is 3. The number of nitrogens with zero attached hydrogens (tertiary/aromatic N) is 3. The van der Waals surface area contributed by atoms with Gasteiger partial charge in [-0.15, -0.1) is 0 Å². The molecule has 1 saturated heterocycles. The molecule has 4 rings (SSSR count). The monoisotopic (exact) mass is 509 g/mol. The van der Waals surface area contributed by atoms with E-state index in [1.165, 1.54) is 0 Å². The molecule has 0 aliphatic carbocycles. The molecule has 0 amide bonds. The number of aromatic nitrogens is 2. The molecule has 3 aromatic rings. The molecule has 1 atom stereocenters. The number of hydrogen-bond acceptors (Lipinski definition) is 5. The molecule has 34 heavy (non-hydrogen) atoms. The number of piperidine rings is 1. The van der Waals surface area contributed by atoms with Crippen LogP contribution in [-0.4, -0.2) is 27.7 Å². The average Bonchev–Trinajstić information content (AvgIpc) is 3.27. The zero-order chi connectivity index (χ0) is 24.3. The zero-order valence-corrected chi connectivity index (χ0v) is 19.9. The van der Waals surface area contributed by atoms with E-state index in [2.05, 4.69) is 20.6 Å². The molecule has 3 heterocycles. The molecule has 0 spiro atoms. The maximum absolute atomic E-state index is 13.5. The van der Waals surface area contributed by atoms with Gasteiger partial charge in [-0.1, -0.05) is 11.6 Å². The molecule has 1 aliphatic rings. The van der Waals surface area contributed by atoms with Crippen molar-refractivity contribution in [2.45, 2.75) is 44.9 Å². The number of nitrogens with one attached hydrogen (secondary N) is 2. The number of furan rings is 1. The van der Waals surface area contributed by atoms with Gasteiger partial charge in [0.2, 0.25) is 5.95 Å². The highest BCUT2D eigenvalue weighted by Crippen LogP contribution is 2.32. The van der Waals surface area contributed by atoms with E-state index in [4.69, 9.17) is 28.2 Å². The van der Waals surface area contributed by atoms with Gasteiger partial charge in [0, 0.05) is 29.2 Å². The Hall–Kier alpha value is -2.85. The topological polar surface area (TPSA) is 66.2 Å². The minimum atomic E-state index is -4.60. The van der Waals surface area contributed by atoms with Gasteiger partial charge < -0.3 is 20.0 Å². The Bertz CT molecular complexity index is 1150. The molecule has 0 radical (unpaired) electrons. The Morgan fingerprint density at radius 3 is 2.65 bits per heavy atom. The number of hydrogen-bond donors (Lipinski definition) is 2. The van der Waals surface area contributed by atoms with Crippen molar-refractivity contribution in [2.75, 3.05) is 16.8 Å². The first kappa shape index (κ1) is 24.3. The zero-order valence-electron chi connectivity index (χ0n) is 18.3. The van der Waals surface area contributed by atoms with Crippen molar-refractivity contribution in [3.8, 4) is 11.3 Å². The van der Waals surface area contributed by atoms with Crippen molar-refractivity contribution in [2.24, 2.45) is 0 Å². The summed E-state index contributed by atoms with van der Waals surface area (Å²) in [5.41, 5.74) is -0.146. The first-order chi connectivity index (χ1) is 16.2. The number of benzene rings is 1. The molecular weight excluding hydrogens is 487 g/mol. The summed E-state index contributed by atoms with van der Waals surface area (Å²) in [4.78, 5) is 9.82. The van der Waals surface area contributed by atoms with Gasteiger partial charge in [0.05, 0.1) is 6.54 Å². The van der Waals surface area contributed by atoms with Crippen LogP contribution in [0, 0.1) is 0 Å². The quantitative estimate of drug-likeness (QED) is 0.393. The third-order valence-corrected chi connectivity index (χ3v) is 6.04. The van der Waals surface area contributed by atoms with Crippen LogP contribution in [0.5, 0.6) is 0 Å². The molecule has 180 valence electrons. The number of rotatable bonds is 5. The van der Waals surface area contributed by atoms with Crippen molar-refractivity contribution < 1.29 is 17.6 Å². The normalized spacial score (nSPS) is 16.4. The lowest BCUT2D eigenvalue weighted by Crippen LogP contribution is -2.38. The molecule has 0 saturated carbocycles. The Balaban J connectivity index is 1.44. The van der Waals surface area contributed by atoms with Gasteiger partial charge >= 0.3 is 6.18 Å². The minimum absolute atomic E-state index is 0.0846. The van der Waals surface area contributed by atoms with Crippen molar-refractivity contribution in [3.05, 3.63) is 58.9 Å². The minimum Gasteiger partial charge on any atom is -0.459 e. The molecule has 1 fully saturated rings. The lowest BCUT2D eigenvalue weighted by Gasteiger charge is -2.34. The summed E-state index contributed by atoms with van der Waals surface area (Å²) in [6.45, 7) is 2.86. The summed E-state index contributed by atoms with van der Waals surface area (Å²) >= 11 is 11.2. The van der Waals surface area contributed by atoms with Crippen LogP contribution in [0.25, 0.3) is 11.3 Å². The lowest BCUT2D eigenvalue weighted by atomic mass is 10.0. The van der Waals surface area contributed by atoms with E-state index in [1.54, 1.807) is 18.2 Å². The molecule has 11 heteroatoms. The van der Waals surface area contributed by atoms with E-state index in [9.17, 15) is 13.2 Å². The van der Waals surface area contributed by atoms with Gasteiger partial charge in [-0.05, 0) is 74.8 Å². The highest BCUT2D eigenvalue weighted by molar-refractivity contribution is 7.80. The number of halogens is 4. The Labute approximate surface area is 205 Å². The Morgan fingerprint density at radius 2 is 1.94 bits per heavy atom. The Morgan fingerprint density at radius 1 is 1.18 bits per heavy atom. The molecule has 0 bridgehead atoms. The van der Waals surface area contributed by atoms with Crippen molar-refractivity contribution >= 4 is 40.7 Å². The van der Waals surface area contributed by atoms with E-state index in [0.717, 1.165) is 30.9 Å². The van der Waals surface area contributed by atoms with Gasteiger partial charge in [-0.25, -0.2) is 4.98 Å². The van der Waals surface area contributed by atoms with E-state index < -0.39 is 11.9 Å². The lowest BCUT2D eigenvalue weighted by molar-refractivity contribution is -0.141. The summed E-state index contributed by atoms with van der Waals surface area (Å²) in [6.07, 6.45) is -1.76. The highest BCUT2D eigenvalue weighted by Gasteiger charge is 2.35. The number of thiocarbonyl (C=S) groups is 1. The van der Waals surface area contributed by atoms with Crippen LogP contribution in [0.3, 0.4) is 0 Å². The van der Waals surface area contributed by atoms with Crippen LogP contribution < -0.4 is 15.5 Å². The summed E-state index contributed by atoms with van der Waals surface area (Å²) in [7, 11) is 0. The molecule has 2 aromatic heterocycles. The van der Waals surface area contributed by atoms with Crippen LogP contribution in [0.1, 0.15) is 37.6 Å². The largest absolute Gasteiger partial charge is 0.459 e. The van der Waals surface area contributed by atoms with Gasteiger partial charge in [-0.3, -0.25) is 0 Å². The standard InChI is InChI=1S/C23H23ClF3N5OS/c1-14-4-2-3-11-32(14)20-12-19(23(25,26)27)29-21(30-20)31-22(34)28-13-17-9-10-18(33-17)15-5-7-16(24)8-6-15/h5-10,12,14H,2-4,11,13H2,1H3,(H2,28,29,30,31,34). The summed E-state index contributed by atoms with van der Waals surface area (Å²) in [5.74, 6) is 1.29. The molecular formula is C23H23ClF3N5OS. The van der Waals surface area contributed by atoms with Crippen LogP contribution in [0.2, 0.25) is 5.02 Å². The van der Waals surface area contributed by atoms with Crippen LogP contribution >= 0.6 is 23.8 Å². The van der Waals surface area contributed by atoms with Crippen molar-refractivity contribution in [3.63, 3.8) is 0 Å². The van der Waals surface area contributed by atoms with Gasteiger partial charge in [0.25, 0.3) is 0 Å².